The Bertz CT molecular complexity index is 781. The van der Waals surface area contributed by atoms with E-state index in [-0.39, 0.29) is 0 Å². The van der Waals surface area contributed by atoms with Gasteiger partial charge in [-0.1, -0.05) is 44.6 Å². The average Bonchev–Trinajstić information content (AvgIpc) is 2.89. The van der Waals surface area contributed by atoms with E-state index in [4.69, 9.17) is 0 Å². The monoisotopic (exact) mass is 400 g/mol. The number of hydrogen-bond donors (Lipinski definition) is 3. The first-order valence-electron chi connectivity index (χ1n) is 9.70. The summed E-state index contributed by atoms with van der Waals surface area (Å²) in [6.45, 7) is 0.921. The first-order valence-corrected chi connectivity index (χ1v) is 10.6. The molecule has 0 aliphatic heterocycles. The third kappa shape index (κ3) is 6.47. The number of pyridine rings is 1. The Morgan fingerprint density at radius 2 is 1.81 bits per heavy atom. The molecule has 27 heavy (non-hydrogen) atoms. The van der Waals surface area contributed by atoms with E-state index < -0.39 is 0 Å². The lowest BCUT2D eigenvalue weighted by atomic mass is 9.97. The van der Waals surface area contributed by atoms with Gasteiger partial charge in [-0.3, -0.25) is 14.6 Å². The molecular weight excluding hydrogens is 372 g/mol. The second kappa shape index (κ2) is 10.6. The van der Waals surface area contributed by atoms with Crippen molar-refractivity contribution in [2.45, 2.75) is 54.9 Å². The summed E-state index contributed by atoms with van der Waals surface area (Å²) >= 11 is 9.03. The number of thiol groups is 2. The fourth-order valence-corrected chi connectivity index (χ4v) is 3.94. The first kappa shape index (κ1) is 20.1. The molecule has 0 radical (unpaired) electrons. The largest absolute Gasteiger partial charge is 0.325 e. The molecule has 2 aromatic heterocycles. The van der Waals surface area contributed by atoms with Crippen molar-refractivity contribution in [2.24, 2.45) is 5.92 Å². The average molecular weight is 401 g/mol. The van der Waals surface area contributed by atoms with Crippen LogP contribution in [-0.4, -0.2) is 21.2 Å². The Kier molecular flexibility index (Phi) is 7.90. The van der Waals surface area contributed by atoms with Crippen molar-refractivity contribution >= 4 is 25.3 Å². The van der Waals surface area contributed by atoms with E-state index in [1.165, 1.54) is 44.9 Å². The highest BCUT2D eigenvalue weighted by molar-refractivity contribution is 7.80. The summed E-state index contributed by atoms with van der Waals surface area (Å²) in [5.74, 6) is 0.830. The van der Waals surface area contributed by atoms with Gasteiger partial charge in [0.15, 0.2) is 0 Å². The molecule has 1 aliphatic rings. The number of rotatable bonds is 5. The molecule has 0 aromatic carbocycles. The fraction of sp³-hybridized carbons (Fsp3) is 0.429. The van der Waals surface area contributed by atoms with E-state index in [0.717, 1.165) is 33.5 Å². The summed E-state index contributed by atoms with van der Waals surface area (Å²) in [4.78, 5) is 9.38. The summed E-state index contributed by atoms with van der Waals surface area (Å²) in [5.41, 5.74) is 5.54. The highest BCUT2D eigenvalue weighted by Gasteiger charge is 2.11. The van der Waals surface area contributed by atoms with Crippen LogP contribution in [0.2, 0.25) is 0 Å². The highest BCUT2D eigenvalue weighted by atomic mass is 32.1. The van der Waals surface area contributed by atoms with Gasteiger partial charge in [0.05, 0.1) is 6.20 Å². The fourth-order valence-electron chi connectivity index (χ4n) is 3.54. The van der Waals surface area contributed by atoms with E-state index in [9.17, 15) is 0 Å². The molecule has 0 saturated heterocycles. The van der Waals surface area contributed by atoms with Gasteiger partial charge in [-0.15, -0.1) is 25.3 Å². The van der Waals surface area contributed by atoms with Crippen molar-refractivity contribution in [1.29, 1.82) is 0 Å². The van der Waals surface area contributed by atoms with Crippen molar-refractivity contribution in [3.63, 3.8) is 0 Å². The number of aromatic nitrogens is 3. The van der Waals surface area contributed by atoms with E-state index in [2.05, 4.69) is 40.7 Å². The summed E-state index contributed by atoms with van der Waals surface area (Å²) in [7, 11) is 0. The van der Waals surface area contributed by atoms with Gasteiger partial charge in [-0.2, -0.15) is 0 Å². The highest BCUT2D eigenvalue weighted by Crippen LogP contribution is 2.25. The maximum absolute atomic E-state index is 4.62. The minimum atomic E-state index is 0.753. The summed E-state index contributed by atoms with van der Waals surface area (Å²) in [6.07, 6.45) is 18.6. The minimum Gasteiger partial charge on any atom is -0.325 e. The van der Waals surface area contributed by atoms with Crippen molar-refractivity contribution < 1.29 is 0 Å². The molecule has 1 fully saturated rings. The molecule has 6 heteroatoms. The van der Waals surface area contributed by atoms with E-state index in [1.807, 2.05) is 35.3 Å². The molecule has 0 spiro atoms. The van der Waals surface area contributed by atoms with Crippen LogP contribution in [0.15, 0.2) is 59.1 Å². The van der Waals surface area contributed by atoms with Crippen molar-refractivity contribution in [3.8, 4) is 11.1 Å². The van der Waals surface area contributed by atoms with Gasteiger partial charge >= 0.3 is 0 Å². The smallest absolute Gasteiger partial charge is 0.110 e. The summed E-state index contributed by atoms with van der Waals surface area (Å²) < 4.78 is 1.95. The van der Waals surface area contributed by atoms with Gasteiger partial charge < -0.3 is 5.43 Å². The molecule has 1 saturated carbocycles. The topological polar surface area (TPSA) is 42.7 Å². The zero-order valence-electron chi connectivity index (χ0n) is 15.6. The van der Waals surface area contributed by atoms with Crippen molar-refractivity contribution in [2.75, 3.05) is 12.0 Å². The SMILES string of the molecule is Sc1cncc(-c2cccncc(S)n(NCCC3CCCCCC3)c2)c1. The van der Waals surface area contributed by atoms with Crippen LogP contribution in [0, 0.1) is 5.92 Å². The minimum absolute atomic E-state index is 0.753. The van der Waals surface area contributed by atoms with Crippen LogP contribution < -0.4 is 5.43 Å². The van der Waals surface area contributed by atoms with Gasteiger partial charge in [0.2, 0.25) is 0 Å². The predicted octanol–water partition coefficient (Wildman–Crippen LogP) is 5.55. The van der Waals surface area contributed by atoms with E-state index in [1.54, 1.807) is 18.6 Å². The zero-order valence-corrected chi connectivity index (χ0v) is 17.4. The van der Waals surface area contributed by atoms with E-state index >= 15 is 0 Å². The van der Waals surface area contributed by atoms with Gasteiger partial charge in [-0.05, 0) is 24.5 Å². The maximum Gasteiger partial charge on any atom is 0.110 e. The Hall–Kier alpha value is -1.66. The second-order valence-corrected chi connectivity index (χ2v) is 8.06. The van der Waals surface area contributed by atoms with Gasteiger partial charge in [0.1, 0.15) is 5.03 Å². The second-order valence-electron chi connectivity index (χ2n) is 7.09. The van der Waals surface area contributed by atoms with Crippen LogP contribution in [0.25, 0.3) is 11.1 Å². The van der Waals surface area contributed by atoms with E-state index in [0.29, 0.717) is 0 Å². The molecule has 0 amide bonds. The van der Waals surface area contributed by atoms with Crippen LogP contribution in [0.3, 0.4) is 0 Å². The Morgan fingerprint density at radius 1 is 1.00 bits per heavy atom. The number of nitrogens with zero attached hydrogens (tertiary/aromatic N) is 3. The molecule has 0 atom stereocenters. The Morgan fingerprint density at radius 3 is 2.59 bits per heavy atom. The molecule has 1 N–H and O–H groups in total. The van der Waals surface area contributed by atoms with Gasteiger partial charge in [0.25, 0.3) is 0 Å². The molecule has 1 aliphatic carbocycles. The van der Waals surface area contributed by atoms with Crippen LogP contribution >= 0.6 is 25.3 Å². The maximum atomic E-state index is 4.62. The van der Waals surface area contributed by atoms with Crippen LogP contribution in [0.5, 0.6) is 0 Å². The van der Waals surface area contributed by atoms with Crippen LogP contribution in [0.4, 0.5) is 0 Å². The predicted molar refractivity (Wildman–Crippen MR) is 118 cm³/mol. The molecule has 144 valence electrons. The molecule has 4 nitrogen and oxygen atoms in total. The normalized spacial score (nSPS) is 15.0. The Balaban J connectivity index is 1.80. The lowest BCUT2D eigenvalue weighted by Crippen LogP contribution is -2.19. The molecule has 2 heterocycles. The summed E-state index contributed by atoms with van der Waals surface area (Å²) in [5, 5.41) is 0.753. The molecule has 3 rings (SSSR count). The number of hydrogen-bond acceptors (Lipinski definition) is 5. The molecule has 2 aromatic rings. The van der Waals surface area contributed by atoms with Gasteiger partial charge in [0, 0.05) is 47.4 Å². The zero-order chi connectivity index (χ0) is 18.9. The van der Waals surface area contributed by atoms with Crippen LogP contribution in [-0.2, 0) is 0 Å². The molecule has 0 unspecified atom stereocenters. The van der Waals surface area contributed by atoms with Crippen LogP contribution in [0.1, 0.15) is 44.9 Å². The van der Waals surface area contributed by atoms with Crippen molar-refractivity contribution in [1.82, 2.24) is 14.6 Å². The third-order valence-corrected chi connectivity index (χ3v) is 5.60. The molecule has 0 bridgehead atoms. The Labute approximate surface area is 172 Å². The quantitative estimate of drug-likeness (QED) is 0.455. The lowest BCUT2D eigenvalue weighted by Gasteiger charge is -2.17. The van der Waals surface area contributed by atoms with Gasteiger partial charge in [-0.25, -0.2) is 0 Å². The lowest BCUT2D eigenvalue weighted by molar-refractivity contribution is 0.432. The summed E-state index contributed by atoms with van der Waals surface area (Å²) in [6, 6.07) is 5.95. The molecular formula is C21H28N4S2. The van der Waals surface area contributed by atoms with Crippen molar-refractivity contribution in [3.05, 3.63) is 49.2 Å². The third-order valence-electron chi connectivity index (χ3n) is 5.02. The first-order chi connectivity index (χ1) is 13.2. The number of nitrogens with one attached hydrogen (secondary N) is 1. The standard InChI is InChI=1S/C21H28N4S2/c26-20-12-19(13-23-14-20)18-8-5-10-22-15-21(27)25(16-18)24-11-9-17-6-3-1-2-4-7-17/h5,8,10,12-17,24,26-27H,1-4,6-7,9,11H2.